The zero-order chi connectivity index (χ0) is 29.9. The highest BCUT2D eigenvalue weighted by molar-refractivity contribution is 6.91. The van der Waals surface area contributed by atoms with Crippen molar-refractivity contribution in [2.45, 2.75) is 57.2 Å². The molecule has 2 aliphatic heterocycles. The van der Waals surface area contributed by atoms with E-state index in [0.717, 1.165) is 41.4 Å². The van der Waals surface area contributed by atoms with Gasteiger partial charge in [0.2, 0.25) is 5.91 Å². The van der Waals surface area contributed by atoms with Crippen molar-refractivity contribution in [3.63, 3.8) is 0 Å². The van der Waals surface area contributed by atoms with E-state index < -0.39 is 8.07 Å². The summed E-state index contributed by atoms with van der Waals surface area (Å²) in [5, 5.41) is 22.3. The molecule has 2 N–H and O–H groups in total. The van der Waals surface area contributed by atoms with E-state index in [1.165, 1.54) is 5.19 Å². The Morgan fingerprint density at radius 2 is 1.98 bits per heavy atom. The smallest absolute Gasteiger partial charge is 0.240 e. The summed E-state index contributed by atoms with van der Waals surface area (Å²) in [4.78, 5) is 14.4. The average Bonchev–Trinajstić information content (AvgIpc) is 3.45. The molecule has 3 heterocycles. The number of carbonyl (C=O) groups is 1. The Kier molecular flexibility index (Phi) is 9.31. The number of nitrogens with one attached hydrogen (secondary N) is 1. The van der Waals surface area contributed by atoms with Crippen molar-refractivity contribution in [1.29, 1.82) is 0 Å². The molecule has 0 spiro atoms. The van der Waals surface area contributed by atoms with Crippen LogP contribution in [0.2, 0.25) is 18.6 Å². The molecule has 0 radical (unpaired) electrons. The number of hydrogen-bond donors (Lipinski definition) is 2. The standard InChI is InChI=1S/C31H43N5O5Si/c1-21-30(40-3)26-18-23(36-16-14-32-19-29(36)38)6-11-27(26)41-31(21)28(12-15-35-20-22(13-17-37)33-34-35)42(4,5)25-9-7-24(39-2)8-10-25/h6-11,18,20-21,28,30-32,37H,12-17,19H2,1-5H3/t21-,28?,30-,31-/m0/s1. The molecule has 1 unspecified atom stereocenters. The predicted octanol–water partition coefficient (Wildman–Crippen LogP) is 2.92. The highest BCUT2D eigenvalue weighted by Gasteiger charge is 2.47. The largest absolute Gasteiger partial charge is 0.497 e. The van der Waals surface area contributed by atoms with Crippen molar-refractivity contribution in [2.24, 2.45) is 5.92 Å². The zero-order valence-corrected chi connectivity index (χ0v) is 26.2. The quantitative estimate of drug-likeness (QED) is 0.327. The molecule has 2 aromatic carbocycles. The number of methoxy groups -OCH3 is 2. The number of aromatic nitrogens is 3. The van der Waals surface area contributed by atoms with Crippen LogP contribution in [0.25, 0.3) is 0 Å². The van der Waals surface area contributed by atoms with Crippen molar-refractivity contribution in [2.75, 3.05) is 45.4 Å². The summed E-state index contributed by atoms with van der Waals surface area (Å²) in [6, 6.07) is 14.5. The highest BCUT2D eigenvalue weighted by atomic mass is 28.3. The monoisotopic (exact) mass is 593 g/mol. The lowest BCUT2D eigenvalue weighted by molar-refractivity contribution is -0.118. The third-order valence-electron chi connectivity index (χ3n) is 8.99. The lowest BCUT2D eigenvalue weighted by Crippen LogP contribution is -2.54. The maximum Gasteiger partial charge on any atom is 0.240 e. The van der Waals surface area contributed by atoms with Crippen LogP contribution in [0, 0.1) is 5.92 Å². The SMILES string of the molecule is COc1ccc([Si](C)(C)C(CCn2cc(CCO)nn2)[C@H]2Oc3ccc(N4CCNCC4=O)cc3[C@@H](OC)[C@@H]2C)cc1. The van der Waals surface area contributed by atoms with Gasteiger partial charge in [-0.2, -0.15) is 0 Å². The Balaban J connectivity index is 1.48. The fourth-order valence-electron chi connectivity index (χ4n) is 6.53. The third kappa shape index (κ3) is 6.10. The minimum Gasteiger partial charge on any atom is -0.497 e. The third-order valence-corrected chi connectivity index (χ3v) is 13.3. The van der Waals surface area contributed by atoms with Gasteiger partial charge in [0.1, 0.15) is 17.6 Å². The fourth-order valence-corrected chi connectivity index (χ4v) is 10.0. The summed E-state index contributed by atoms with van der Waals surface area (Å²) >= 11 is 0. The topological polar surface area (TPSA) is 111 Å². The van der Waals surface area contributed by atoms with Crippen molar-refractivity contribution in [3.05, 3.63) is 59.9 Å². The number of nitrogens with zero attached hydrogens (tertiary/aromatic N) is 4. The Hall–Kier alpha value is -3.25. The Morgan fingerprint density at radius 3 is 2.67 bits per heavy atom. The summed E-state index contributed by atoms with van der Waals surface area (Å²) in [5.41, 5.74) is 2.87. The van der Waals surface area contributed by atoms with Crippen LogP contribution in [0.3, 0.4) is 0 Å². The summed E-state index contributed by atoms with van der Waals surface area (Å²) < 4.78 is 20.4. The van der Waals surface area contributed by atoms with Crippen LogP contribution in [0.1, 0.15) is 30.7 Å². The van der Waals surface area contributed by atoms with E-state index in [9.17, 15) is 9.90 Å². The van der Waals surface area contributed by atoms with Gasteiger partial charge in [0.05, 0.1) is 33.5 Å². The maximum absolute atomic E-state index is 12.6. The molecule has 226 valence electrons. The van der Waals surface area contributed by atoms with E-state index in [0.29, 0.717) is 26.1 Å². The predicted molar refractivity (Wildman–Crippen MR) is 164 cm³/mol. The molecule has 0 bridgehead atoms. The number of anilines is 1. The van der Waals surface area contributed by atoms with Gasteiger partial charge in [0.15, 0.2) is 0 Å². The number of aliphatic hydroxyl groups excluding tert-OH is 1. The first-order chi connectivity index (χ1) is 20.3. The Labute approximate surface area is 249 Å². The van der Waals surface area contributed by atoms with Crippen molar-refractivity contribution < 1.29 is 24.1 Å². The molecule has 42 heavy (non-hydrogen) atoms. The van der Waals surface area contributed by atoms with Crippen LogP contribution in [0.4, 0.5) is 5.69 Å². The van der Waals surface area contributed by atoms with Crippen molar-refractivity contribution in [3.8, 4) is 11.5 Å². The maximum atomic E-state index is 12.6. The number of aryl methyl sites for hydroxylation is 1. The van der Waals surface area contributed by atoms with Gasteiger partial charge in [0.25, 0.3) is 0 Å². The highest BCUT2D eigenvalue weighted by Crippen LogP contribution is 2.48. The molecule has 11 heteroatoms. The first kappa shape index (κ1) is 30.2. The van der Waals surface area contributed by atoms with Gasteiger partial charge in [-0.05, 0) is 42.3 Å². The van der Waals surface area contributed by atoms with Gasteiger partial charge in [-0.1, -0.05) is 42.6 Å². The summed E-state index contributed by atoms with van der Waals surface area (Å²) in [7, 11) is 1.30. The van der Waals surface area contributed by atoms with Gasteiger partial charge in [-0.15, -0.1) is 5.10 Å². The average molecular weight is 594 g/mol. The van der Waals surface area contributed by atoms with Gasteiger partial charge in [0, 0.05) is 63.1 Å². The number of aliphatic hydroxyl groups is 1. The summed E-state index contributed by atoms with van der Waals surface area (Å²) in [6.45, 7) is 9.52. The Bertz CT molecular complexity index is 1360. The molecule has 1 aromatic heterocycles. The summed E-state index contributed by atoms with van der Waals surface area (Å²) in [5.74, 6) is 1.79. The van der Waals surface area contributed by atoms with Gasteiger partial charge >= 0.3 is 0 Å². The minimum absolute atomic E-state index is 0.0501. The molecule has 1 fully saturated rings. The number of hydrogen-bond acceptors (Lipinski definition) is 8. The van der Waals surface area contributed by atoms with E-state index in [2.05, 4.69) is 53.8 Å². The number of rotatable bonds is 11. The number of carbonyl (C=O) groups excluding carboxylic acids is 1. The first-order valence-corrected chi connectivity index (χ1v) is 17.8. The van der Waals surface area contributed by atoms with Crippen LogP contribution < -0.4 is 24.9 Å². The second-order valence-electron chi connectivity index (χ2n) is 11.8. The van der Waals surface area contributed by atoms with Crippen LogP contribution in [0.15, 0.2) is 48.7 Å². The van der Waals surface area contributed by atoms with Gasteiger partial charge in [-0.25, -0.2) is 0 Å². The molecule has 1 amide bonds. The van der Waals surface area contributed by atoms with Gasteiger partial charge < -0.3 is 29.5 Å². The second kappa shape index (κ2) is 12.9. The van der Waals surface area contributed by atoms with Crippen LogP contribution in [-0.2, 0) is 22.5 Å². The molecule has 5 rings (SSSR count). The summed E-state index contributed by atoms with van der Waals surface area (Å²) in [6.07, 6.45) is 2.99. The normalized spacial score (nSPS) is 21.5. The minimum atomic E-state index is -2.14. The van der Waals surface area contributed by atoms with Crippen LogP contribution >= 0.6 is 0 Å². The van der Waals surface area contributed by atoms with Crippen LogP contribution in [0.5, 0.6) is 11.5 Å². The molecule has 0 saturated carbocycles. The van der Waals surface area contributed by atoms with E-state index in [1.54, 1.807) is 14.2 Å². The fraction of sp³-hybridized carbons (Fsp3) is 0.516. The van der Waals surface area contributed by atoms with Crippen LogP contribution in [-0.4, -0.2) is 80.6 Å². The molecule has 10 nitrogen and oxygen atoms in total. The first-order valence-electron chi connectivity index (χ1n) is 14.8. The zero-order valence-electron chi connectivity index (χ0n) is 25.2. The molecule has 3 aromatic rings. The number of fused-ring (bicyclic) bond motifs is 1. The lowest BCUT2D eigenvalue weighted by atomic mass is 9.86. The molecule has 0 aliphatic carbocycles. The second-order valence-corrected chi connectivity index (χ2v) is 16.6. The number of ether oxygens (including phenoxy) is 3. The number of piperazine rings is 1. The molecule has 2 aliphatic rings. The lowest BCUT2D eigenvalue weighted by Gasteiger charge is -2.46. The molecular formula is C31H43N5O5Si. The number of amides is 1. The van der Waals surface area contributed by atoms with E-state index in [-0.39, 0.29) is 36.2 Å². The number of benzene rings is 2. The van der Waals surface area contributed by atoms with Gasteiger partial charge in [-0.3, -0.25) is 9.48 Å². The van der Waals surface area contributed by atoms with E-state index in [1.807, 2.05) is 40.0 Å². The molecular weight excluding hydrogens is 550 g/mol. The van der Waals surface area contributed by atoms with E-state index in [4.69, 9.17) is 14.2 Å². The Morgan fingerprint density at radius 1 is 1.19 bits per heavy atom. The molecule has 1 saturated heterocycles. The van der Waals surface area contributed by atoms with Crippen molar-refractivity contribution >= 4 is 24.9 Å². The molecule has 4 atom stereocenters. The van der Waals surface area contributed by atoms with E-state index >= 15 is 0 Å². The van der Waals surface area contributed by atoms with Crippen molar-refractivity contribution in [1.82, 2.24) is 20.3 Å².